The van der Waals surface area contributed by atoms with Crippen molar-refractivity contribution in [1.29, 1.82) is 0 Å². The van der Waals surface area contributed by atoms with Crippen LogP contribution in [-0.2, 0) is 9.59 Å². The zero-order chi connectivity index (χ0) is 20.2. The van der Waals surface area contributed by atoms with Crippen molar-refractivity contribution in [2.24, 2.45) is 5.92 Å². The molecule has 0 spiro atoms. The Hall–Kier alpha value is -2.98. The maximum Gasteiger partial charge on any atom is 0.235 e. The number of allylic oxidation sites excluding steroid dienone is 2. The van der Waals surface area contributed by atoms with Crippen molar-refractivity contribution in [3.63, 3.8) is 0 Å². The Morgan fingerprint density at radius 1 is 0.862 bits per heavy atom. The molecule has 3 aromatic rings. The Bertz CT molecular complexity index is 1060. The fraction of sp³-hybridized carbons (Fsp3) is 0.120. The molecular weight excluding hydrogens is 426 g/mol. The predicted octanol–water partition coefficient (Wildman–Crippen LogP) is 5.84. The van der Waals surface area contributed by atoms with Gasteiger partial charge >= 0.3 is 0 Å². The van der Waals surface area contributed by atoms with Crippen molar-refractivity contribution in [3.05, 3.63) is 107 Å². The third-order valence-electron chi connectivity index (χ3n) is 5.24. The average Bonchev–Trinajstić information content (AvgIpc) is 2.75. The highest BCUT2D eigenvalue weighted by Crippen LogP contribution is 2.42. The van der Waals surface area contributed by atoms with Crippen LogP contribution in [0.25, 0.3) is 5.57 Å². The minimum absolute atomic E-state index is 0.163. The Morgan fingerprint density at radius 3 is 2.17 bits per heavy atom. The molecule has 0 aliphatic heterocycles. The van der Waals surface area contributed by atoms with Crippen LogP contribution in [-0.4, -0.2) is 11.7 Å². The molecule has 1 amide bonds. The van der Waals surface area contributed by atoms with Gasteiger partial charge in [-0.25, -0.2) is 0 Å². The molecule has 2 atom stereocenters. The van der Waals surface area contributed by atoms with E-state index in [1.54, 1.807) is 6.08 Å². The second-order valence-electron chi connectivity index (χ2n) is 7.10. The molecule has 0 radical (unpaired) electrons. The topological polar surface area (TPSA) is 46.2 Å². The van der Waals surface area contributed by atoms with Gasteiger partial charge in [0.15, 0.2) is 5.78 Å². The van der Waals surface area contributed by atoms with E-state index in [1.807, 2.05) is 84.9 Å². The summed E-state index contributed by atoms with van der Waals surface area (Å²) in [5.74, 6) is -1.46. The molecule has 144 valence electrons. The Kier molecular flexibility index (Phi) is 5.72. The van der Waals surface area contributed by atoms with Gasteiger partial charge in [0, 0.05) is 16.1 Å². The zero-order valence-electron chi connectivity index (χ0n) is 15.7. The smallest absolute Gasteiger partial charge is 0.235 e. The fourth-order valence-corrected chi connectivity index (χ4v) is 4.42. The van der Waals surface area contributed by atoms with E-state index in [-0.39, 0.29) is 17.6 Å². The van der Waals surface area contributed by atoms with Gasteiger partial charge in [0.25, 0.3) is 0 Å². The molecule has 3 aromatic carbocycles. The van der Waals surface area contributed by atoms with Gasteiger partial charge in [-0.05, 0) is 47.4 Å². The summed E-state index contributed by atoms with van der Waals surface area (Å²) < 4.78 is 0.907. The van der Waals surface area contributed by atoms with Crippen LogP contribution in [0.2, 0.25) is 0 Å². The first-order valence-electron chi connectivity index (χ1n) is 9.53. The molecule has 29 heavy (non-hydrogen) atoms. The number of amides is 1. The highest BCUT2D eigenvalue weighted by Gasteiger charge is 2.39. The molecule has 0 fully saturated rings. The molecule has 1 N–H and O–H groups in total. The summed E-state index contributed by atoms with van der Waals surface area (Å²) in [7, 11) is 0. The molecule has 0 aromatic heterocycles. The Labute approximate surface area is 178 Å². The lowest BCUT2D eigenvalue weighted by molar-refractivity contribution is -0.129. The number of halogens is 1. The number of anilines is 1. The van der Waals surface area contributed by atoms with Crippen LogP contribution in [0.15, 0.2) is 95.5 Å². The second-order valence-corrected chi connectivity index (χ2v) is 7.96. The maximum atomic E-state index is 13.2. The van der Waals surface area contributed by atoms with Crippen molar-refractivity contribution in [3.8, 4) is 0 Å². The molecule has 0 heterocycles. The van der Waals surface area contributed by atoms with Crippen LogP contribution >= 0.6 is 15.9 Å². The number of rotatable bonds is 4. The lowest BCUT2D eigenvalue weighted by Gasteiger charge is -2.30. The first kappa shape index (κ1) is 19.3. The summed E-state index contributed by atoms with van der Waals surface area (Å²) in [4.78, 5) is 26.3. The number of para-hydroxylation sites is 1. The van der Waals surface area contributed by atoms with Crippen LogP contribution in [0.4, 0.5) is 5.69 Å². The molecule has 1 aliphatic rings. The normalized spacial score (nSPS) is 18.8. The number of hydrogen-bond acceptors (Lipinski definition) is 2. The first-order valence-corrected chi connectivity index (χ1v) is 10.3. The van der Waals surface area contributed by atoms with E-state index in [2.05, 4.69) is 21.2 Å². The van der Waals surface area contributed by atoms with E-state index in [0.717, 1.165) is 21.2 Å². The van der Waals surface area contributed by atoms with Crippen molar-refractivity contribution in [2.75, 3.05) is 5.32 Å². The molecule has 0 bridgehead atoms. The summed E-state index contributed by atoms with van der Waals surface area (Å²) >= 11 is 3.61. The quantitative estimate of drug-likeness (QED) is 0.512. The standard InChI is InChI=1S/C25H20BrNO2/c26-22-14-8-7-13-20(22)21-15-18(17-9-3-1-4-10-17)16-23(28)24(21)25(29)27-19-11-5-2-6-12-19/h1-14,16,21,24H,15H2,(H,27,29)/t21-,24-/m0/s1. The molecule has 4 rings (SSSR count). The number of carbonyl (C=O) groups excluding carboxylic acids is 2. The van der Waals surface area contributed by atoms with Crippen LogP contribution in [0, 0.1) is 5.92 Å². The van der Waals surface area contributed by atoms with Crippen molar-refractivity contribution in [1.82, 2.24) is 0 Å². The van der Waals surface area contributed by atoms with Gasteiger partial charge in [0.1, 0.15) is 5.92 Å². The fourth-order valence-electron chi connectivity index (χ4n) is 3.85. The number of carbonyl (C=O) groups is 2. The number of hydrogen-bond donors (Lipinski definition) is 1. The van der Waals surface area contributed by atoms with Gasteiger partial charge in [-0.15, -0.1) is 0 Å². The minimum Gasteiger partial charge on any atom is -0.325 e. The SMILES string of the molecule is O=C1C=C(c2ccccc2)C[C@@H](c2ccccc2Br)[C@@H]1C(=O)Nc1ccccc1. The van der Waals surface area contributed by atoms with Gasteiger partial charge in [-0.2, -0.15) is 0 Å². The van der Waals surface area contributed by atoms with E-state index in [0.29, 0.717) is 12.1 Å². The molecule has 3 nitrogen and oxygen atoms in total. The summed E-state index contributed by atoms with van der Waals surface area (Å²) in [6, 6.07) is 26.9. The summed E-state index contributed by atoms with van der Waals surface area (Å²) in [5, 5.41) is 2.91. The van der Waals surface area contributed by atoms with E-state index < -0.39 is 5.92 Å². The summed E-state index contributed by atoms with van der Waals surface area (Å²) in [6.07, 6.45) is 2.25. The molecule has 4 heteroatoms. The number of nitrogens with one attached hydrogen (secondary N) is 1. The van der Waals surface area contributed by atoms with Crippen molar-refractivity contribution < 1.29 is 9.59 Å². The van der Waals surface area contributed by atoms with E-state index in [9.17, 15) is 9.59 Å². The van der Waals surface area contributed by atoms with E-state index >= 15 is 0 Å². The lowest BCUT2D eigenvalue weighted by atomic mass is 9.73. The predicted molar refractivity (Wildman–Crippen MR) is 119 cm³/mol. The van der Waals surface area contributed by atoms with Crippen molar-refractivity contribution >= 4 is 38.9 Å². The molecule has 0 unspecified atom stereocenters. The maximum absolute atomic E-state index is 13.2. The number of benzene rings is 3. The molecule has 0 saturated carbocycles. The third kappa shape index (κ3) is 4.22. The highest BCUT2D eigenvalue weighted by atomic mass is 79.9. The van der Waals surface area contributed by atoms with Crippen molar-refractivity contribution in [2.45, 2.75) is 12.3 Å². The van der Waals surface area contributed by atoms with Gasteiger partial charge in [0.05, 0.1) is 0 Å². The van der Waals surface area contributed by atoms with E-state index in [4.69, 9.17) is 0 Å². The zero-order valence-corrected chi connectivity index (χ0v) is 17.3. The average molecular weight is 446 g/mol. The van der Waals surface area contributed by atoms with Crippen LogP contribution in [0.3, 0.4) is 0 Å². The van der Waals surface area contributed by atoms with E-state index in [1.165, 1.54) is 0 Å². The number of ketones is 1. The highest BCUT2D eigenvalue weighted by molar-refractivity contribution is 9.10. The second kappa shape index (κ2) is 8.58. The lowest BCUT2D eigenvalue weighted by Crippen LogP contribution is -2.36. The minimum atomic E-state index is -0.777. The largest absolute Gasteiger partial charge is 0.325 e. The summed E-state index contributed by atoms with van der Waals surface area (Å²) in [5.41, 5.74) is 3.63. The van der Waals surface area contributed by atoms with Crippen LogP contribution in [0.5, 0.6) is 0 Å². The van der Waals surface area contributed by atoms with Gasteiger partial charge in [-0.1, -0.05) is 82.7 Å². The van der Waals surface area contributed by atoms with Gasteiger partial charge in [0.2, 0.25) is 5.91 Å². The van der Waals surface area contributed by atoms with Gasteiger partial charge in [-0.3, -0.25) is 9.59 Å². The van der Waals surface area contributed by atoms with Crippen LogP contribution in [0.1, 0.15) is 23.5 Å². The first-order chi connectivity index (χ1) is 14.1. The molecule has 1 aliphatic carbocycles. The molecule has 0 saturated heterocycles. The third-order valence-corrected chi connectivity index (χ3v) is 5.96. The monoisotopic (exact) mass is 445 g/mol. The van der Waals surface area contributed by atoms with Gasteiger partial charge < -0.3 is 5.32 Å². The summed E-state index contributed by atoms with van der Waals surface area (Å²) in [6.45, 7) is 0. The molecular formula is C25H20BrNO2. The Balaban J connectivity index is 1.73. The van der Waals surface area contributed by atoms with Crippen LogP contribution < -0.4 is 5.32 Å². The Morgan fingerprint density at radius 2 is 1.48 bits per heavy atom.